The third-order valence-corrected chi connectivity index (χ3v) is 6.81. The number of hydrogen-bond acceptors (Lipinski definition) is 8. The maximum Gasteiger partial charge on any atom is 0.255 e. The summed E-state index contributed by atoms with van der Waals surface area (Å²) in [4.78, 5) is 23.5. The van der Waals surface area contributed by atoms with Crippen LogP contribution in [-0.2, 0) is 0 Å². The quantitative estimate of drug-likeness (QED) is 0.577. The Hall–Kier alpha value is -2.45. The topological polar surface area (TPSA) is 78.8 Å². The summed E-state index contributed by atoms with van der Waals surface area (Å²) >= 11 is 6.31. The van der Waals surface area contributed by atoms with Gasteiger partial charge in [0.2, 0.25) is 11.9 Å². The van der Waals surface area contributed by atoms with E-state index in [1.807, 2.05) is 12.1 Å². The smallest absolute Gasteiger partial charge is 0.255 e. The fourth-order valence-electron chi connectivity index (χ4n) is 4.43. The fraction of sp³-hybridized carbons (Fsp3) is 0.583. The molecule has 0 amide bonds. The number of aromatic nitrogens is 3. The lowest BCUT2D eigenvalue weighted by atomic mass is 10.0. The molecule has 2 aliphatic rings. The summed E-state index contributed by atoms with van der Waals surface area (Å²) in [7, 11) is 5.84. The third-order valence-electron chi connectivity index (χ3n) is 6.51. The SMILES string of the molecule is COc1ccc(Nc2nc(N=C3CCCCCC3)nc(N(C)C3CCN(C)CC3)n2)cc1Cl. The van der Waals surface area contributed by atoms with Crippen molar-refractivity contribution < 1.29 is 4.74 Å². The average molecular weight is 472 g/mol. The molecule has 2 aromatic rings. The second-order valence-electron chi connectivity index (χ2n) is 8.97. The van der Waals surface area contributed by atoms with Crippen LogP contribution < -0.4 is 15.0 Å². The molecule has 1 saturated heterocycles. The van der Waals surface area contributed by atoms with Crippen molar-refractivity contribution in [2.75, 3.05) is 44.5 Å². The molecule has 33 heavy (non-hydrogen) atoms. The zero-order valence-corrected chi connectivity index (χ0v) is 20.6. The molecule has 178 valence electrons. The maximum atomic E-state index is 6.31. The second-order valence-corrected chi connectivity index (χ2v) is 9.38. The molecule has 8 nitrogen and oxygen atoms in total. The van der Waals surface area contributed by atoms with Crippen LogP contribution >= 0.6 is 11.6 Å². The number of nitrogens with one attached hydrogen (secondary N) is 1. The molecule has 9 heteroatoms. The standard InChI is InChI=1S/C24H34ClN7O/c1-31-14-12-19(13-15-31)32(2)24-29-22(26-17-8-6-4-5-7-9-17)28-23(30-24)27-18-10-11-21(33-3)20(25)16-18/h10-11,16,19H,4-9,12-15H2,1-3H3,(H,27,28,29,30). The van der Waals surface area contributed by atoms with Crippen LogP contribution in [0.2, 0.25) is 5.02 Å². The summed E-state index contributed by atoms with van der Waals surface area (Å²) < 4.78 is 5.26. The van der Waals surface area contributed by atoms with Gasteiger partial charge in [0.05, 0.1) is 12.1 Å². The molecule has 0 unspecified atom stereocenters. The van der Waals surface area contributed by atoms with E-state index in [4.69, 9.17) is 31.3 Å². The van der Waals surface area contributed by atoms with Gasteiger partial charge in [-0.25, -0.2) is 4.99 Å². The molecular formula is C24H34ClN7O. The zero-order valence-electron chi connectivity index (χ0n) is 19.8. The van der Waals surface area contributed by atoms with Crippen LogP contribution in [0.4, 0.5) is 23.5 Å². The van der Waals surface area contributed by atoms with Crippen molar-refractivity contribution in [2.45, 2.75) is 57.4 Å². The van der Waals surface area contributed by atoms with Crippen molar-refractivity contribution in [3.8, 4) is 5.75 Å². The highest BCUT2D eigenvalue weighted by atomic mass is 35.5. The molecule has 1 aliphatic heterocycles. The van der Waals surface area contributed by atoms with Crippen molar-refractivity contribution in [3.63, 3.8) is 0 Å². The third kappa shape index (κ3) is 6.32. The van der Waals surface area contributed by atoms with E-state index in [-0.39, 0.29) is 0 Å². The summed E-state index contributed by atoms with van der Waals surface area (Å²) in [6.07, 6.45) is 9.10. The maximum absolute atomic E-state index is 6.31. The summed E-state index contributed by atoms with van der Waals surface area (Å²) in [5.74, 6) is 2.21. The Bertz CT molecular complexity index is 965. The lowest BCUT2D eigenvalue weighted by Gasteiger charge is -2.35. The van der Waals surface area contributed by atoms with Gasteiger partial charge >= 0.3 is 0 Å². The van der Waals surface area contributed by atoms with Crippen LogP contribution in [0.15, 0.2) is 23.2 Å². The number of hydrogen-bond donors (Lipinski definition) is 1. The highest BCUT2D eigenvalue weighted by Crippen LogP contribution is 2.29. The molecule has 0 radical (unpaired) electrons. The summed E-state index contributed by atoms with van der Waals surface area (Å²) in [5, 5.41) is 3.81. The highest BCUT2D eigenvalue weighted by molar-refractivity contribution is 6.32. The minimum Gasteiger partial charge on any atom is -0.495 e. The van der Waals surface area contributed by atoms with Gasteiger partial charge < -0.3 is 19.9 Å². The first-order valence-electron chi connectivity index (χ1n) is 11.9. The molecule has 4 rings (SSSR count). The Morgan fingerprint density at radius 3 is 2.48 bits per heavy atom. The first-order valence-corrected chi connectivity index (χ1v) is 12.2. The van der Waals surface area contributed by atoms with E-state index in [1.165, 1.54) is 31.4 Å². The molecule has 0 atom stereocenters. The molecule has 2 fully saturated rings. The van der Waals surface area contributed by atoms with Gasteiger partial charge in [0, 0.05) is 24.5 Å². The van der Waals surface area contributed by atoms with E-state index in [0.29, 0.717) is 34.7 Å². The van der Waals surface area contributed by atoms with Gasteiger partial charge in [-0.05, 0) is 76.9 Å². The Labute approximate surface area is 201 Å². The van der Waals surface area contributed by atoms with Crippen molar-refractivity contribution in [3.05, 3.63) is 23.2 Å². The van der Waals surface area contributed by atoms with E-state index >= 15 is 0 Å². The number of anilines is 3. The Morgan fingerprint density at radius 1 is 1.09 bits per heavy atom. The van der Waals surface area contributed by atoms with Crippen molar-refractivity contribution >= 4 is 40.8 Å². The van der Waals surface area contributed by atoms with Crippen LogP contribution in [0.25, 0.3) is 0 Å². The molecule has 1 saturated carbocycles. The molecular weight excluding hydrogens is 438 g/mol. The highest BCUT2D eigenvalue weighted by Gasteiger charge is 2.23. The van der Waals surface area contributed by atoms with E-state index in [1.54, 1.807) is 13.2 Å². The number of piperidine rings is 1. The van der Waals surface area contributed by atoms with Crippen LogP contribution in [0.3, 0.4) is 0 Å². The van der Waals surface area contributed by atoms with Crippen molar-refractivity contribution in [2.24, 2.45) is 4.99 Å². The van der Waals surface area contributed by atoms with Crippen LogP contribution in [0.5, 0.6) is 5.75 Å². The lowest BCUT2D eigenvalue weighted by molar-refractivity contribution is 0.252. The molecule has 1 aliphatic carbocycles. The number of benzene rings is 1. The Morgan fingerprint density at radius 2 is 1.82 bits per heavy atom. The summed E-state index contributed by atoms with van der Waals surface area (Å²) in [5.41, 5.74) is 1.97. The van der Waals surface area contributed by atoms with E-state index in [2.05, 4.69) is 34.2 Å². The van der Waals surface area contributed by atoms with Crippen LogP contribution in [-0.4, -0.2) is 65.9 Å². The molecule has 0 bridgehead atoms. The first kappa shape index (κ1) is 23.7. The Balaban J connectivity index is 1.63. The van der Waals surface area contributed by atoms with Gasteiger partial charge in [0.1, 0.15) is 5.75 Å². The molecule has 1 aromatic heterocycles. The average Bonchev–Trinajstić information content (AvgIpc) is 3.08. The molecule has 1 N–H and O–H groups in total. The predicted octanol–water partition coefficient (Wildman–Crippen LogP) is 5.23. The molecule has 0 spiro atoms. The van der Waals surface area contributed by atoms with Crippen molar-refractivity contribution in [1.82, 2.24) is 19.9 Å². The van der Waals surface area contributed by atoms with Crippen LogP contribution in [0, 0.1) is 0 Å². The van der Waals surface area contributed by atoms with Gasteiger partial charge in [0.25, 0.3) is 5.95 Å². The molecule has 1 aromatic carbocycles. The van der Waals surface area contributed by atoms with E-state index in [9.17, 15) is 0 Å². The van der Waals surface area contributed by atoms with E-state index in [0.717, 1.165) is 44.5 Å². The van der Waals surface area contributed by atoms with Gasteiger partial charge in [-0.2, -0.15) is 15.0 Å². The number of likely N-dealkylation sites (tertiary alicyclic amines) is 1. The number of methoxy groups -OCH3 is 1. The number of nitrogens with zero attached hydrogens (tertiary/aromatic N) is 6. The molecule has 2 heterocycles. The minimum atomic E-state index is 0.394. The lowest BCUT2D eigenvalue weighted by Crippen LogP contribution is -2.42. The number of aliphatic imine (C=N–C) groups is 1. The first-order chi connectivity index (χ1) is 16.0. The predicted molar refractivity (Wildman–Crippen MR) is 135 cm³/mol. The van der Waals surface area contributed by atoms with Gasteiger partial charge in [-0.3, -0.25) is 0 Å². The van der Waals surface area contributed by atoms with Crippen molar-refractivity contribution in [1.29, 1.82) is 0 Å². The second kappa shape index (κ2) is 11.1. The largest absolute Gasteiger partial charge is 0.495 e. The van der Waals surface area contributed by atoms with Gasteiger partial charge in [-0.15, -0.1) is 0 Å². The zero-order chi connectivity index (χ0) is 23.2. The van der Waals surface area contributed by atoms with Gasteiger partial charge in [0.15, 0.2) is 0 Å². The summed E-state index contributed by atoms with van der Waals surface area (Å²) in [6, 6.07) is 5.92. The monoisotopic (exact) mass is 471 g/mol. The van der Waals surface area contributed by atoms with E-state index < -0.39 is 0 Å². The van der Waals surface area contributed by atoms with Crippen LogP contribution in [0.1, 0.15) is 51.4 Å². The minimum absolute atomic E-state index is 0.394. The number of ether oxygens (including phenoxy) is 1. The number of halogens is 1. The summed E-state index contributed by atoms with van der Waals surface area (Å²) in [6.45, 7) is 2.15. The fourth-order valence-corrected chi connectivity index (χ4v) is 4.68. The van der Waals surface area contributed by atoms with Gasteiger partial charge in [-0.1, -0.05) is 24.4 Å². The normalized spacial score (nSPS) is 18.0. The number of rotatable bonds is 6. The Kier molecular flexibility index (Phi) is 7.98.